The molecule has 3 rings (SSSR count). The summed E-state index contributed by atoms with van der Waals surface area (Å²) in [5.41, 5.74) is 0. The molecule has 1 N–H and O–H groups in total. The third-order valence-electron chi connectivity index (χ3n) is 3.39. The van der Waals surface area contributed by atoms with Crippen LogP contribution in [-0.2, 0) is 14.3 Å². The normalized spacial score (nSPS) is 28.1. The Balaban J connectivity index is 1.71. The zero-order valence-corrected chi connectivity index (χ0v) is 11.7. The molecule has 2 unspecified atom stereocenters. The van der Waals surface area contributed by atoms with E-state index in [0.717, 1.165) is 0 Å². The van der Waals surface area contributed by atoms with Gasteiger partial charge in [0.2, 0.25) is 5.91 Å². The van der Waals surface area contributed by atoms with Crippen molar-refractivity contribution in [3.8, 4) is 0 Å². The van der Waals surface area contributed by atoms with Crippen molar-refractivity contribution in [3.63, 3.8) is 0 Å². The van der Waals surface area contributed by atoms with Crippen molar-refractivity contribution in [2.45, 2.75) is 19.2 Å². The molecule has 2 fully saturated rings. The van der Waals surface area contributed by atoms with Gasteiger partial charge in [0.25, 0.3) is 0 Å². The van der Waals surface area contributed by atoms with Crippen LogP contribution in [0.4, 0.5) is 0 Å². The molecule has 1 aromatic heterocycles. The third kappa shape index (κ3) is 2.81. The average Bonchev–Trinajstić information content (AvgIpc) is 2.99. The summed E-state index contributed by atoms with van der Waals surface area (Å²) >= 11 is 1.72. The maximum atomic E-state index is 12.0. The minimum absolute atomic E-state index is 0.0128. The molecule has 0 bridgehead atoms. The first kappa shape index (κ1) is 13.1. The Morgan fingerprint density at radius 2 is 2.37 bits per heavy atom. The van der Waals surface area contributed by atoms with E-state index in [0.29, 0.717) is 32.9 Å². The minimum atomic E-state index is -0.0169. The van der Waals surface area contributed by atoms with Crippen LogP contribution in [0.1, 0.15) is 15.9 Å². The Hall–Kier alpha value is -0.950. The third-order valence-corrected chi connectivity index (χ3v) is 4.45. The molecule has 2 aliphatic heterocycles. The van der Waals surface area contributed by atoms with Crippen molar-refractivity contribution >= 4 is 17.2 Å². The van der Waals surface area contributed by atoms with Crippen LogP contribution in [0.15, 0.2) is 12.1 Å². The zero-order chi connectivity index (χ0) is 13.2. The van der Waals surface area contributed by atoms with Crippen molar-refractivity contribution in [2.75, 3.05) is 32.9 Å². The Morgan fingerprint density at radius 1 is 1.47 bits per heavy atom. The molecular weight excluding hydrogens is 264 g/mol. The summed E-state index contributed by atoms with van der Waals surface area (Å²) in [5.74, 6) is 0.130. The molecule has 0 aromatic carbocycles. The first-order valence-electron chi connectivity index (χ1n) is 6.52. The van der Waals surface area contributed by atoms with Crippen molar-refractivity contribution in [3.05, 3.63) is 21.9 Å². The smallest absolute Gasteiger partial charge is 0.238 e. The number of aryl methyl sites for hydroxylation is 1. The van der Waals surface area contributed by atoms with E-state index in [4.69, 9.17) is 9.47 Å². The number of ether oxygens (including phenoxy) is 2. The first-order chi connectivity index (χ1) is 9.24. The van der Waals surface area contributed by atoms with Gasteiger partial charge in [0, 0.05) is 9.75 Å². The predicted molar refractivity (Wildman–Crippen MR) is 72.1 cm³/mol. The SMILES string of the molecule is Cc1ccc(C2NCC(=O)N2CC2COCCO2)s1. The fourth-order valence-corrected chi connectivity index (χ4v) is 3.43. The van der Waals surface area contributed by atoms with E-state index >= 15 is 0 Å². The lowest BCUT2D eigenvalue weighted by Gasteiger charge is -2.30. The summed E-state index contributed by atoms with van der Waals surface area (Å²) in [6, 6.07) is 4.17. The summed E-state index contributed by atoms with van der Waals surface area (Å²) in [6.07, 6.45) is -0.0297. The van der Waals surface area contributed by atoms with Crippen LogP contribution in [0.25, 0.3) is 0 Å². The highest BCUT2D eigenvalue weighted by Crippen LogP contribution is 2.28. The molecule has 2 saturated heterocycles. The highest BCUT2D eigenvalue weighted by Gasteiger charge is 2.34. The summed E-state index contributed by atoms with van der Waals surface area (Å²) in [6.45, 7) is 4.90. The fourth-order valence-electron chi connectivity index (χ4n) is 2.46. The molecule has 0 saturated carbocycles. The highest BCUT2D eigenvalue weighted by atomic mass is 32.1. The molecule has 1 amide bonds. The molecule has 19 heavy (non-hydrogen) atoms. The second kappa shape index (κ2) is 5.58. The van der Waals surface area contributed by atoms with Gasteiger partial charge in [-0.25, -0.2) is 0 Å². The molecule has 5 nitrogen and oxygen atoms in total. The molecule has 0 radical (unpaired) electrons. The molecule has 0 spiro atoms. The van der Waals surface area contributed by atoms with Crippen LogP contribution < -0.4 is 5.32 Å². The molecule has 104 valence electrons. The second-order valence-electron chi connectivity index (χ2n) is 4.85. The lowest BCUT2D eigenvalue weighted by atomic mass is 10.3. The van der Waals surface area contributed by atoms with Crippen LogP contribution >= 0.6 is 11.3 Å². The molecule has 6 heteroatoms. The quantitative estimate of drug-likeness (QED) is 0.895. The maximum absolute atomic E-state index is 12.0. The van der Waals surface area contributed by atoms with Crippen LogP contribution in [0, 0.1) is 6.92 Å². The number of hydrogen-bond donors (Lipinski definition) is 1. The van der Waals surface area contributed by atoms with E-state index in [-0.39, 0.29) is 18.2 Å². The van der Waals surface area contributed by atoms with Gasteiger partial charge in [-0.15, -0.1) is 11.3 Å². The van der Waals surface area contributed by atoms with Gasteiger partial charge >= 0.3 is 0 Å². The number of carbonyl (C=O) groups is 1. The summed E-state index contributed by atoms with van der Waals surface area (Å²) in [5, 5.41) is 3.27. The highest BCUT2D eigenvalue weighted by molar-refractivity contribution is 7.12. The second-order valence-corrected chi connectivity index (χ2v) is 6.17. The van der Waals surface area contributed by atoms with Gasteiger partial charge in [0.05, 0.1) is 39.0 Å². The first-order valence-corrected chi connectivity index (χ1v) is 7.34. The lowest BCUT2D eigenvalue weighted by Crippen LogP contribution is -2.42. The van der Waals surface area contributed by atoms with Gasteiger partial charge < -0.3 is 14.4 Å². The largest absolute Gasteiger partial charge is 0.376 e. The topological polar surface area (TPSA) is 50.8 Å². The molecule has 3 heterocycles. The van der Waals surface area contributed by atoms with E-state index in [1.54, 1.807) is 11.3 Å². The number of amides is 1. The van der Waals surface area contributed by atoms with Crippen LogP contribution in [0.5, 0.6) is 0 Å². The predicted octanol–water partition coefficient (Wildman–Crippen LogP) is 0.902. The van der Waals surface area contributed by atoms with Crippen molar-refractivity contribution in [1.29, 1.82) is 0 Å². The van der Waals surface area contributed by atoms with Gasteiger partial charge in [0.1, 0.15) is 6.17 Å². The number of carbonyl (C=O) groups excluding carboxylic acids is 1. The van der Waals surface area contributed by atoms with Crippen LogP contribution in [0.2, 0.25) is 0 Å². The lowest BCUT2D eigenvalue weighted by molar-refractivity contribution is -0.135. The Bertz CT molecular complexity index is 456. The Kier molecular flexibility index (Phi) is 3.83. The summed E-state index contributed by atoms with van der Waals surface area (Å²) in [4.78, 5) is 16.3. The summed E-state index contributed by atoms with van der Waals surface area (Å²) < 4.78 is 11.0. The standard InChI is InChI=1S/C13H18N2O3S/c1-9-2-3-11(19-9)13-14-6-12(16)15(13)7-10-8-17-4-5-18-10/h2-3,10,13-14H,4-8H2,1H3. The minimum Gasteiger partial charge on any atom is -0.376 e. The fraction of sp³-hybridized carbons (Fsp3) is 0.615. The number of nitrogens with zero attached hydrogens (tertiary/aromatic N) is 1. The van der Waals surface area contributed by atoms with Gasteiger partial charge in [-0.1, -0.05) is 0 Å². The van der Waals surface area contributed by atoms with E-state index in [2.05, 4.69) is 24.4 Å². The molecule has 2 aliphatic rings. The number of thiophene rings is 1. The monoisotopic (exact) mass is 282 g/mol. The van der Waals surface area contributed by atoms with E-state index in [9.17, 15) is 4.79 Å². The number of nitrogens with one attached hydrogen (secondary N) is 1. The van der Waals surface area contributed by atoms with Crippen LogP contribution in [-0.4, -0.2) is 49.8 Å². The maximum Gasteiger partial charge on any atom is 0.238 e. The molecular formula is C13H18N2O3S. The van der Waals surface area contributed by atoms with Gasteiger partial charge in [-0.05, 0) is 19.1 Å². The van der Waals surface area contributed by atoms with Gasteiger partial charge in [-0.3, -0.25) is 10.1 Å². The van der Waals surface area contributed by atoms with Crippen molar-refractivity contribution in [1.82, 2.24) is 10.2 Å². The Labute approximate surface area is 116 Å². The number of hydrogen-bond acceptors (Lipinski definition) is 5. The average molecular weight is 282 g/mol. The zero-order valence-electron chi connectivity index (χ0n) is 10.9. The Morgan fingerprint density at radius 3 is 3.05 bits per heavy atom. The van der Waals surface area contributed by atoms with E-state index < -0.39 is 0 Å². The number of rotatable bonds is 3. The van der Waals surface area contributed by atoms with Crippen molar-refractivity contribution in [2.24, 2.45) is 0 Å². The molecule has 1 aromatic rings. The molecule has 2 atom stereocenters. The van der Waals surface area contributed by atoms with E-state index in [1.807, 2.05) is 4.90 Å². The van der Waals surface area contributed by atoms with Crippen molar-refractivity contribution < 1.29 is 14.3 Å². The summed E-state index contributed by atoms with van der Waals surface area (Å²) in [7, 11) is 0. The van der Waals surface area contributed by atoms with Gasteiger partial charge in [-0.2, -0.15) is 0 Å². The van der Waals surface area contributed by atoms with E-state index in [1.165, 1.54) is 9.75 Å². The van der Waals surface area contributed by atoms with Crippen LogP contribution in [0.3, 0.4) is 0 Å². The van der Waals surface area contributed by atoms with Gasteiger partial charge in [0.15, 0.2) is 0 Å². The molecule has 0 aliphatic carbocycles.